The van der Waals surface area contributed by atoms with E-state index in [2.05, 4.69) is 9.05 Å². The molecule has 2 unspecified atom stereocenters. The van der Waals surface area contributed by atoms with E-state index in [4.69, 9.17) is 13.8 Å². The van der Waals surface area contributed by atoms with Gasteiger partial charge in [0.2, 0.25) is 0 Å². The fraction of sp³-hybridized carbons (Fsp3) is 0.538. The molecule has 132 valence electrons. The molecule has 23 heavy (non-hydrogen) atoms. The fourth-order valence-electron chi connectivity index (χ4n) is 1.85. The van der Waals surface area contributed by atoms with Gasteiger partial charge in [0.05, 0.1) is 20.3 Å². The number of benzene rings is 1. The Morgan fingerprint density at radius 1 is 1.00 bits per heavy atom. The Balaban J connectivity index is 2.88. The molecule has 0 amide bonds. The Hall–Kier alpha value is -0.720. The second-order valence-corrected chi connectivity index (χ2v) is 7.09. The van der Waals surface area contributed by atoms with Gasteiger partial charge in [0.1, 0.15) is 11.4 Å². The summed E-state index contributed by atoms with van der Waals surface area (Å²) in [7, 11) is -1.43. The summed E-state index contributed by atoms with van der Waals surface area (Å²) < 4.78 is 46.9. The molecule has 0 aliphatic carbocycles. The third kappa shape index (κ3) is 7.14. The van der Waals surface area contributed by atoms with Crippen LogP contribution in [0.4, 0.5) is 0 Å². The summed E-state index contributed by atoms with van der Waals surface area (Å²) in [5.41, 5.74) is -0.884. The number of aliphatic hydroxyl groups is 1. The SMILES string of the molecule is COc1ccccc1CC(O)(CO[PH](=O)OC)CO[PH](=O)OC. The molecule has 0 aromatic heterocycles. The van der Waals surface area contributed by atoms with Crippen LogP contribution >= 0.6 is 16.5 Å². The van der Waals surface area contributed by atoms with E-state index in [1.54, 1.807) is 24.3 Å². The van der Waals surface area contributed by atoms with Crippen LogP contribution in [0.5, 0.6) is 5.75 Å². The Bertz CT molecular complexity index is 516. The smallest absolute Gasteiger partial charge is 0.318 e. The molecule has 0 aliphatic heterocycles. The van der Waals surface area contributed by atoms with Crippen LogP contribution in [-0.2, 0) is 33.6 Å². The summed E-state index contributed by atoms with van der Waals surface area (Å²) in [6.45, 7) is -0.648. The third-order valence-electron chi connectivity index (χ3n) is 2.96. The van der Waals surface area contributed by atoms with Crippen LogP contribution in [0.3, 0.4) is 0 Å². The van der Waals surface area contributed by atoms with Crippen molar-refractivity contribution >= 4 is 16.5 Å². The average Bonchev–Trinajstić information content (AvgIpc) is 2.58. The molecule has 0 saturated carbocycles. The molecule has 10 heteroatoms. The Morgan fingerprint density at radius 3 is 2.00 bits per heavy atom. The molecule has 0 bridgehead atoms. The molecule has 1 rings (SSSR count). The fourth-order valence-corrected chi connectivity index (χ4v) is 2.86. The normalized spacial score (nSPS) is 16.5. The summed E-state index contributed by atoms with van der Waals surface area (Å²) >= 11 is 0. The van der Waals surface area contributed by atoms with E-state index in [9.17, 15) is 14.2 Å². The molecule has 0 fully saturated rings. The lowest BCUT2D eigenvalue weighted by Crippen LogP contribution is -2.41. The molecule has 2 atom stereocenters. The van der Waals surface area contributed by atoms with E-state index >= 15 is 0 Å². The molecule has 0 spiro atoms. The van der Waals surface area contributed by atoms with E-state index in [1.165, 1.54) is 21.3 Å². The number of hydrogen-bond donors (Lipinski definition) is 1. The van der Waals surface area contributed by atoms with Gasteiger partial charge in [0.25, 0.3) is 0 Å². The lowest BCUT2D eigenvalue weighted by molar-refractivity contribution is -0.0415. The van der Waals surface area contributed by atoms with Crippen LogP contribution in [0.1, 0.15) is 5.56 Å². The van der Waals surface area contributed by atoms with Crippen molar-refractivity contribution in [2.75, 3.05) is 34.5 Å². The zero-order chi connectivity index (χ0) is 17.3. The van der Waals surface area contributed by atoms with Crippen molar-refractivity contribution in [3.8, 4) is 5.75 Å². The maximum Gasteiger partial charge on any atom is 0.318 e. The topological polar surface area (TPSA) is 101 Å². The molecule has 1 aromatic rings. The van der Waals surface area contributed by atoms with E-state index in [1.807, 2.05) is 0 Å². The lowest BCUT2D eigenvalue weighted by atomic mass is 9.95. The van der Waals surface area contributed by atoms with Crippen LogP contribution in [0.25, 0.3) is 0 Å². The van der Waals surface area contributed by atoms with E-state index < -0.39 is 22.1 Å². The van der Waals surface area contributed by atoms with Crippen LogP contribution in [0.15, 0.2) is 24.3 Å². The zero-order valence-electron chi connectivity index (χ0n) is 13.2. The highest BCUT2D eigenvalue weighted by atomic mass is 31.1. The van der Waals surface area contributed by atoms with Gasteiger partial charge in [-0.15, -0.1) is 0 Å². The molecular weight excluding hydrogens is 346 g/mol. The summed E-state index contributed by atoms with van der Waals surface area (Å²) in [4.78, 5) is 0. The number of para-hydroxylation sites is 1. The molecular formula is C13H22O8P2. The van der Waals surface area contributed by atoms with Gasteiger partial charge in [0, 0.05) is 20.6 Å². The highest BCUT2D eigenvalue weighted by molar-refractivity contribution is 7.33. The molecule has 0 saturated heterocycles. The van der Waals surface area contributed by atoms with Gasteiger partial charge < -0.3 is 27.9 Å². The van der Waals surface area contributed by atoms with Gasteiger partial charge in [-0.05, 0) is 11.6 Å². The van der Waals surface area contributed by atoms with Crippen LogP contribution in [0, 0.1) is 0 Å². The minimum atomic E-state index is -2.71. The van der Waals surface area contributed by atoms with Gasteiger partial charge in [-0.1, -0.05) is 18.2 Å². The first-order valence-corrected chi connectivity index (χ1v) is 9.15. The van der Waals surface area contributed by atoms with Gasteiger partial charge in [-0.2, -0.15) is 0 Å². The monoisotopic (exact) mass is 368 g/mol. The van der Waals surface area contributed by atoms with Crippen LogP contribution < -0.4 is 4.74 Å². The summed E-state index contributed by atoms with van der Waals surface area (Å²) in [5, 5.41) is 10.7. The molecule has 1 N–H and O–H groups in total. The van der Waals surface area contributed by atoms with Crippen molar-refractivity contribution in [2.45, 2.75) is 12.0 Å². The Kier molecular flexibility index (Phi) is 9.02. The lowest BCUT2D eigenvalue weighted by Gasteiger charge is -2.27. The summed E-state index contributed by atoms with van der Waals surface area (Å²) in [6, 6.07) is 7.09. The van der Waals surface area contributed by atoms with Gasteiger partial charge in [-0.25, -0.2) is 0 Å². The molecule has 0 aliphatic rings. The maximum absolute atomic E-state index is 11.3. The van der Waals surface area contributed by atoms with Crippen molar-refractivity contribution < 1.29 is 37.1 Å². The molecule has 0 heterocycles. The standard InChI is InChI=1S/C13H22O8P2/c1-17-12-7-5-4-6-11(12)8-13(14,9-20-22(15)18-2)10-21-23(16)19-3/h4-7,14,22-23H,8-10H2,1-3H3. The highest BCUT2D eigenvalue weighted by Gasteiger charge is 2.31. The zero-order valence-corrected chi connectivity index (χ0v) is 15.2. The van der Waals surface area contributed by atoms with Gasteiger partial charge >= 0.3 is 16.5 Å². The molecule has 1 aromatic carbocycles. The van der Waals surface area contributed by atoms with E-state index in [-0.39, 0.29) is 19.6 Å². The van der Waals surface area contributed by atoms with Gasteiger partial charge in [0.15, 0.2) is 0 Å². The van der Waals surface area contributed by atoms with Crippen molar-refractivity contribution in [1.29, 1.82) is 0 Å². The largest absolute Gasteiger partial charge is 0.496 e. The first-order valence-electron chi connectivity index (χ1n) is 6.70. The van der Waals surface area contributed by atoms with Gasteiger partial charge in [-0.3, -0.25) is 9.13 Å². The van der Waals surface area contributed by atoms with E-state index in [0.717, 1.165) is 0 Å². The Morgan fingerprint density at radius 2 is 1.52 bits per heavy atom. The summed E-state index contributed by atoms with van der Waals surface area (Å²) in [6.07, 6.45) is 0.0781. The number of ether oxygens (including phenoxy) is 1. The minimum Gasteiger partial charge on any atom is -0.496 e. The van der Waals surface area contributed by atoms with E-state index in [0.29, 0.717) is 11.3 Å². The predicted octanol–water partition coefficient (Wildman–Crippen LogP) is 2.07. The Labute approximate surface area is 136 Å². The first kappa shape index (κ1) is 20.3. The molecule has 0 radical (unpaired) electrons. The second kappa shape index (κ2) is 10.2. The third-order valence-corrected chi connectivity index (χ3v) is 4.39. The van der Waals surface area contributed by atoms with Crippen LogP contribution in [-0.4, -0.2) is 45.3 Å². The minimum absolute atomic E-state index is 0.0781. The first-order chi connectivity index (χ1) is 10.9. The maximum atomic E-state index is 11.3. The molecule has 8 nitrogen and oxygen atoms in total. The number of rotatable bonds is 11. The summed E-state index contributed by atoms with van der Waals surface area (Å²) in [5.74, 6) is 0.574. The van der Waals surface area contributed by atoms with Crippen molar-refractivity contribution in [2.24, 2.45) is 0 Å². The average molecular weight is 368 g/mol. The van der Waals surface area contributed by atoms with Crippen LogP contribution in [0.2, 0.25) is 0 Å². The highest BCUT2D eigenvalue weighted by Crippen LogP contribution is 2.31. The number of methoxy groups -OCH3 is 1. The van der Waals surface area contributed by atoms with Crippen molar-refractivity contribution in [3.05, 3.63) is 29.8 Å². The number of hydrogen-bond acceptors (Lipinski definition) is 8. The van der Waals surface area contributed by atoms with Crippen molar-refractivity contribution in [1.82, 2.24) is 0 Å². The second-order valence-electron chi connectivity index (χ2n) is 4.70. The predicted molar refractivity (Wildman–Crippen MR) is 85.6 cm³/mol. The van der Waals surface area contributed by atoms with Crippen molar-refractivity contribution in [3.63, 3.8) is 0 Å². The quantitative estimate of drug-likeness (QED) is 0.593.